The molecule has 0 saturated carbocycles. The lowest BCUT2D eigenvalue weighted by Gasteiger charge is -2.35. The van der Waals surface area contributed by atoms with E-state index >= 15 is 0 Å². The number of benzene rings is 3. The van der Waals surface area contributed by atoms with Gasteiger partial charge in [0.05, 0.1) is 19.6 Å². The summed E-state index contributed by atoms with van der Waals surface area (Å²) in [4.78, 5) is 216. The van der Waals surface area contributed by atoms with Crippen LogP contribution in [0.5, 0.6) is 5.75 Å². The molecule has 8 amide bonds. The maximum Gasteiger partial charge on any atom is 0.350 e. The van der Waals surface area contributed by atoms with Gasteiger partial charge in [-0.2, -0.15) is 0 Å². The molecule has 38 nitrogen and oxygen atoms in total. The summed E-state index contributed by atoms with van der Waals surface area (Å²) < 4.78 is 0. The molecule has 1 heterocycles. The average molecular weight is 1510 g/mol. The highest BCUT2D eigenvalue weighted by Crippen LogP contribution is 2.21. The van der Waals surface area contributed by atoms with Crippen LogP contribution in [0.4, 0.5) is 4.79 Å². The molecule has 0 spiro atoms. The third kappa shape index (κ3) is 34.0. The molecule has 1 fully saturated rings. The molecule has 4 rings (SSSR count). The standard InChI is InChI=1S/C69H92N12O26/c1-77(63(96)51(37-42-13-16-46(82)17-14-42)73-57(86)22-20-52(68(105)106)81-34-32-79(40-60(91)92)30-28-78(39-59(89)90)29-31-80(33-35-81)41-61(93)94)53(38-43-12-15-44-8-2-3-9-45(44)36-43)62(95)74-48(65(99)100)11-5-7-27-71-55(84)24-23-54(83)70-26-6-4-10-47(64(97)98)72-56(85)21-18-49(66(101)102)75-69(107)76-50(67(103)104)19-25-58(87)88/h2-3,8-9,12-17,36,47,49-50,52-53,82H,4-7,10-11,18-35,37-41H2,1H3,(H,70,83)(H,71,84)(H,72,85)(H,87,88)(H,89,90)(H,91,92)(H,93,94)(H,97,98)(H,99,100)(H,101,102)(H,103,104)(H,105,106)(H2,75,76,107)/t47-,49-,50-,52?,53+/m0/s1. The summed E-state index contributed by atoms with van der Waals surface area (Å²) in [7, 11) is 1.22. The molecule has 1 aliphatic heterocycles. The van der Waals surface area contributed by atoms with Gasteiger partial charge in [0.1, 0.15) is 47.4 Å². The third-order valence-electron chi connectivity index (χ3n) is 17.1. The predicted octanol–water partition coefficient (Wildman–Crippen LogP) is -0.341. The molecule has 1 aliphatic rings. The molecule has 0 radical (unpaired) electrons. The predicted molar refractivity (Wildman–Crippen MR) is 376 cm³/mol. The van der Waals surface area contributed by atoms with Gasteiger partial charge in [0.15, 0.2) is 0 Å². The van der Waals surface area contributed by atoms with Crippen molar-refractivity contribution in [1.29, 1.82) is 0 Å². The minimum atomic E-state index is -1.73. The number of carbonyl (C=O) groups excluding carboxylic acids is 7. The first-order valence-corrected chi connectivity index (χ1v) is 34.2. The van der Waals surface area contributed by atoms with Crippen molar-refractivity contribution in [2.24, 2.45) is 9.98 Å². The Morgan fingerprint density at radius 2 is 0.944 bits per heavy atom. The van der Waals surface area contributed by atoms with E-state index in [0.29, 0.717) is 11.1 Å². The van der Waals surface area contributed by atoms with E-state index in [-0.39, 0.29) is 135 Å². The number of hydrogen-bond donors (Lipinski definition) is 15. The maximum atomic E-state index is 14.9. The summed E-state index contributed by atoms with van der Waals surface area (Å²) >= 11 is 0. The number of amides is 8. The summed E-state index contributed by atoms with van der Waals surface area (Å²) in [6.07, 6.45) is -4.27. The number of fused-ring (bicyclic) bond motifs is 1. The molecule has 0 aromatic heterocycles. The number of aliphatic carboxylic acids is 9. The van der Waals surface area contributed by atoms with E-state index in [1.54, 1.807) is 24.3 Å². The smallest absolute Gasteiger partial charge is 0.350 e. The van der Waals surface area contributed by atoms with Crippen LogP contribution >= 0.6 is 0 Å². The molecule has 107 heavy (non-hydrogen) atoms. The van der Waals surface area contributed by atoms with Crippen molar-refractivity contribution in [3.63, 3.8) is 0 Å². The number of aliphatic imine (C=N–C) groups is 2. The molecule has 38 heteroatoms. The number of aromatic hydroxyl groups is 1. The van der Waals surface area contributed by atoms with Crippen LogP contribution in [0, 0.1) is 0 Å². The fraction of sp³-hybridized carbons (Fsp3) is 0.507. The van der Waals surface area contributed by atoms with Gasteiger partial charge in [-0.3, -0.25) is 72.3 Å². The van der Waals surface area contributed by atoms with Crippen molar-refractivity contribution in [2.75, 3.05) is 92.1 Å². The summed E-state index contributed by atoms with van der Waals surface area (Å²) in [5.74, 6) is -17.7. The lowest BCUT2D eigenvalue weighted by molar-refractivity contribution is -0.145. The molecule has 584 valence electrons. The van der Waals surface area contributed by atoms with Gasteiger partial charge in [-0.25, -0.2) is 34.0 Å². The van der Waals surface area contributed by atoms with Crippen LogP contribution in [0.15, 0.2) is 76.7 Å². The normalized spacial score (nSPS) is 15.1. The van der Waals surface area contributed by atoms with Crippen LogP contribution in [0.1, 0.15) is 101 Å². The fourth-order valence-electron chi connectivity index (χ4n) is 11.2. The van der Waals surface area contributed by atoms with Crippen LogP contribution < -0.4 is 26.6 Å². The molecule has 0 bridgehead atoms. The first-order valence-electron chi connectivity index (χ1n) is 34.2. The van der Waals surface area contributed by atoms with Crippen molar-refractivity contribution in [3.05, 3.63) is 77.9 Å². The van der Waals surface area contributed by atoms with E-state index in [2.05, 4.69) is 25.9 Å². The fourth-order valence-corrected chi connectivity index (χ4v) is 11.2. The van der Waals surface area contributed by atoms with Crippen LogP contribution in [-0.2, 0) is 84.8 Å². The quantitative estimate of drug-likeness (QED) is 0.0254. The molecule has 0 aliphatic carbocycles. The summed E-state index contributed by atoms with van der Waals surface area (Å²) in [5, 5.41) is 110. The van der Waals surface area contributed by atoms with Crippen LogP contribution in [0.3, 0.4) is 0 Å². The first-order chi connectivity index (χ1) is 50.7. The highest BCUT2D eigenvalue weighted by molar-refractivity contribution is 6.41. The second-order valence-corrected chi connectivity index (χ2v) is 25.2. The number of urea groups is 1. The largest absolute Gasteiger partial charge is 0.508 e. The van der Waals surface area contributed by atoms with Crippen molar-refractivity contribution in [2.45, 2.75) is 133 Å². The number of nitrogens with one attached hydrogen (secondary N) is 5. The highest BCUT2D eigenvalue weighted by atomic mass is 16.4. The zero-order valence-electron chi connectivity index (χ0n) is 58.9. The van der Waals surface area contributed by atoms with Gasteiger partial charge in [0, 0.05) is 117 Å². The maximum absolute atomic E-state index is 14.9. The average Bonchev–Trinajstić information content (AvgIpc) is 0.819. The number of carbonyl (C=O) groups is 16. The SMILES string of the molecule is CN(C(=O)C(Cc1ccc(O)cc1)=NC(=O)CCC(C(=O)O)N1CCN(CC(=O)O)CCN(CC(=O)O)CCN(CC(=O)O)CC1)[C@H](Cc1ccc2ccccc2c1)C(=O)N=C(CCCCNC(=O)CCC(=O)NCCCC[C@H](NC(=O)CC[C@H](NC(=O)N[C@@H](CCC(=O)O)C(=O)O)C(=O)O)C(=O)O)C(=O)O. The minimum absolute atomic E-state index is 0.000772. The highest BCUT2D eigenvalue weighted by Gasteiger charge is 2.34. The van der Waals surface area contributed by atoms with Crippen molar-refractivity contribution in [3.8, 4) is 5.75 Å². The number of carboxylic acids is 9. The Hall–Kier alpha value is -11.4. The van der Waals surface area contributed by atoms with Crippen LogP contribution in [-0.4, -0.2) is 305 Å². The Bertz CT molecular complexity index is 3690. The van der Waals surface area contributed by atoms with Crippen LogP contribution in [0.2, 0.25) is 0 Å². The zero-order chi connectivity index (χ0) is 79.3. The summed E-state index contributed by atoms with van der Waals surface area (Å²) in [6, 6.07) is 8.83. The van der Waals surface area contributed by atoms with E-state index in [0.717, 1.165) is 15.7 Å². The van der Waals surface area contributed by atoms with E-state index in [4.69, 9.17) is 5.11 Å². The number of phenolic OH excluding ortho intramolecular Hbond substituents is 1. The number of unbranched alkanes of at least 4 members (excludes halogenated alkanes) is 2. The second kappa shape index (κ2) is 45.8. The van der Waals surface area contributed by atoms with Gasteiger partial charge < -0.3 is 82.5 Å². The van der Waals surface area contributed by atoms with Gasteiger partial charge in [0.25, 0.3) is 11.8 Å². The topological polar surface area (TPSA) is 576 Å². The van der Waals surface area contributed by atoms with Gasteiger partial charge in [-0.15, -0.1) is 0 Å². The Morgan fingerprint density at radius 3 is 1.44 bits per heavy atom. The van der Waals surface area contributed by atoms with E-state index in [1.807, 2.05) is 28.8 Å². The first kappa shape index (κ1) is 88.0. The van der Waals surface area contributed by atoms with E-state index in [9.17, 15) is 123 Å². The Balaban J connectivity index is 1.41. The third-order valence-corrected chi connectivity index (χ3v) is 17.1. The van der Waals surface area contributed by atoms with Crippen molar-refractivity contribution < 1.29 is 128 Å². The molecule has 15 N–H and O–H groups in total. The van der Waals surface area contributed by atoms with Gasteiger partial charge in [-0.1, -0.05) is 54.6 Å². The zero-order valence-corrected chi connectivity index (χ0v) is 58.9. The Morgan fingerprint density at radius 1 is 0.458 bits per heavy atom. The second-order valence-electron chi connectivity index (χ2n) is 25.2. The molecule has 5 atom stereocenters. The van der Waals surface area contributed by atoms with E-state index < -0.39 is 195 Å². The molecule has 3 aromatic rings. The molecular weight excluding hydrogens is 1410 g/mol. The monoisotopic (exact) mass is 1500 g/mol. The lowest BCUT2D eigenvalue weighted by Crippen LogP contribution is -2.51. The number of nitrogens with zero attached hydrogens (tertiary/aromatic N) is 7. The number of phenols is 1. The van der Waals surface area contributed by atoms with E-state index in [1.165, 1.54) is 50.9 Å². The van der Waals surface area contributed by atoms with Crippen LogP contribution in [0.25, 0.3) is 10.8 Å². The molecule has 1 unspecified atom stereocenters. The summed E-state index contributed by atoms with van der Waals surface area (Å²) in [5.41, 5.74) is -0.204. The molecule has 3 aromatic carbocycles. The Kier molecular flexibility index (Phi) is 37.6. The molecular formula is C69H92N12O26. The number of carboxylic acid groups (broad SMARTS) is 9. The lowest BCUT2D eigenvalue weighted by atomic mass is 9.99. The minimum Gasteiger partial charge on any atom is -0.508 e. The van der Waals surface area contributed by atoms with Gasteiger partial charge in [0.2, 0.25) is 23.6 Å². The van der Waals surface area contributed by atoms with Crippen molar-refractivity contribution >= 4 is 117 Å². The number of hydrogen-bond acceptors (Lipinski definition) is 21. The van der Waals surface area contributed by atoms with Gasteiger partial charge >= 0.3 is 59.8 Å². The molecule has 1 saturated heterocycles. The Labute approximate surface area is 612 Å². The number of rotatable bonds is 44. The number of likely N-dealkylation sites (N-methyl/N-ethyl adjacent to an activating group) is 1. The van der Waals surface area contributed by atoms with Gasteiger partial charge in [-0.05, 0) is 91.8 Å². The summed E-state index contributed by atoms with van der Waals surface area (Å²) in [6.45, 7) is -1.39. The van der Waals surface area contributed by atoms with Crippen molar-refractivity contribution in [1.82, 2.24) is 51.1 Å².